The van der Waals surface area contributed by atoms with Gasteiger partial charge in [0.15, 0.2) is 6.61 Å². The molecule has 232 valence electrons. The van der Waals surface area contributed by atoms with Gasteiger partial charge in [-0.15, -0.1) is 17.9 Å². The van der Waals surface area contributed by atoms with Gasteiger partial charge in [0.1, 0.15) is 11.5 Å². The van der Waals surface area contributed by atoms with E-state index in [1.165, 1.54) is 11.3 Å². The van der Waals surface area contributed by atoms with Crippen molar-refractivity contribution in [3.8, 4) is 16.2 Å². The average Bonchev–Trinajstić information content (AvgIpc) is 3.46. The highest BCUT2D eigenvalue weighted by Gasteiger charge is 2.30. The Morgan fingerprint density at radius 2 is 1.70 bits per heavy atom. The quantitative estimate of drug-likeness (QED) is 0.101. The van der Waals surface area contributed by atoms with E-state index in [1.807, 2.05) is 6.08 Å². The first kappa shape index (κ1) is 33.6. The number of carbonyl (C=O) groups is 4. The smallest absolute Gasteiger partial charge is 0.277 e. The van der Waals surface area contributed by atoms with Crippen LogP contribution in [0.4, 0.5) is 0 Å². The van der Waals surface area contributed by atoms with E-state index in [4.69, 9.17) is 19.6 Å². The van der Waals surface area contributed by atoms with Crippen LogP contribution in [-0.2, 0) is 23.9 Å². The zero-order valence-electron chi connectivity index (χ0n) is 24.5. The molecule has 3 rings (SSSR count). The van der Waals surface area contributed by atoms with Crippen LogP contribution in [0.25, 0.3) is 10.4 Å². The molecule has 43 heavy (non-hydrogen) atoms. The molecule has 0 spiro atoms. The van der Waals surface area contributed by atoms with Crippen LogP contribution in [0, 0.1) is 11.3 Å². The van der Waals surface area contributed by atoms with Crippen molar-refractivity contribution < 1.29 is 33.4 Å². The first-order valence-corrected chi connectivity index (χ1v) is 15.3. The minimum absolute atomic E-state index is 0.0423. The van der Waals surface area contributed by atoms with Crippen LogP contribution in [0.1, 0.15) is 54.3 Å². The lowest BCUT2D eigenvalue weighted by Crippen LogP contribution is -2.41. The number of hydrogen-bond donors (Lipinski definition) is 4. The molecular formula is C31H40N4O7S. The molecule has 11 nitrogen and oxygen atoms in total. The van der Waals surface area contributed by atoms with Crippen LogP contribution in [0.2, 0.25) is 0 Å². The van der Waals surface area contributed by atoms with Crippen molar-refractivity contribution in [3.63, 3.8) is 0 Å². The Balaban J connectivity index is 1.20. The number of ether oxygens (including phenoxy) is 3. The Bertz CT molecular complexity index is 1280. The summed E-state index contributed by atoms with van der Waals surface area (Å²) in [5, 5.41) is 15.6. The van der Waals surface area contributed by atoms with Gasteiger partial charge < -0.3 is 24.8 Å². The van der Waals surface area contributed by atoms with Crippen LogP contribution in [0.3, 0.4) is 0 Å². The van der Waals surface area contributed by atoms with Gasteiger partial charge in [-0.2, -0.15) is 0 Å². The van der Waals surface area contributed by atoms with Crippen LogP contribution in [-0.4, -0.2) is 75.5 Å². The monoisotopic (exact) mass is 612 g/mol. The van der Waals surface area contributed by atoms with Gasteiger partial charge in [-0.05, 0) is 61.1 Å². The summed E-state index contributed by atoms with van der Waals surface area (Å²) in [6, 6.07) is 8.64. The van der Waals surface area contributed by atoms with Crippen LogP contribution < -0.4 is 20.7 Å². The zero-order chi connectivity index (χ0) is 31.0. The molecule has 1 atom stereocenters. The molecule has 0 radical (unpaired) electrons. The van der Waals surface area contributed by atoms with E-state index in [0.717, 1.165) is 36.1 Å². The average molecular weight is 613 g/mol. The topological polar surface area (TPSA) is 156 Å². The van der Waals surface area contributed by atoms with Crippen molar-refractivity contribution >= 4 is 40.7 Å². The van der Waals surface area contributed by atoms with Gasteiger partial charge in [0.25, 0.3) is 17.7 Å². The summed E-state index contributed by atoms with van der Waals surface area (Å²) in [4.78, 5) is 48.8. The third kappa shape index (κ3) is 11.0. The summed E-state index contributed by atoms with van der Waals surface area (Å²) in [5.74, 6) is -0.350. The Kier molecular flexibility index (Phi) is 14.0. The highest BCUT2D eigenvalue weighted by atomic mass is 32.1. The van der Waals surface area contributed by atoms with E-state index in [2.05, 4.69) is 29.5 Å². The van der Waals surface area contributed by atoms with Gasteiger partial charge >= 0.3 is 0 Å². The predicted molar refractivity (Wildman–Crippen MR) is 165 cm³/mol. The Hall–Kier alpha value is -3.87. The van der Waals surface area contributed by atoms with Crippen molar-refractivity contribution in [3.05, 3.63) is 53.4 Å². The standard InChI is InChI=1S/C31H40N4O7S/c1-3-6-21(4-2)7-5-8-26(36)33-13-15-40-17-18-41-16-14-34-27(37)20-42-23-11-9-22(10-12-23)25-19-24-29(43-25)28(32)31(39)35-30(24)38/h3,9-12,19,21,32H,1,4-8,13-18,20H2,2H3,(H,33,36)(H,34,37)(H,35,38,39). The second-order valence-electron chi connectivity index (χ2n) is 9.94. The molecule has 4 amide bonds. The van der Waals surface area contributed by atoms with Crippen LogP contribution in [0.5, 0.6) is 5.75 Å². The fourth-order valence-corrected chi connectivity index (χ4v) is 5.46. The van der Waals surface area contributed by atoms with E-state index < -0.39 is 11.8 Å². The number of nitrogens with one attached hydrogen (secondary N) is 4. The molecule has 0 fully saturated rings. The largest absolute Gasteiger partial charge is 0.484 e. The number of thiophene rings is 1. The summed E-state index contributed by atoms with van der Waals surface area (Å²) < 4.78 is 16.5. The maximum absolute atomic E-state index is 12.1. The molecule has 2 aromatic rings. The van der Waals surface area contributed by atoms with E-state index in [9.17, 15) is 19.2 Å². The van der Waals surface area contributed by atoms with E-state index in [1.54, 1.807) is 30.3 Å². The number of carbonyl (C=O) groups excluding carboxylic acids is 4. The number of hydrogen-bond acceptors (Lipinski definition) is 9. The maximum atomic E-state index is 12.1. The third-order valence-corrected chi connectivity index (χ3v) is 7.97. The third-order valence-electron chi connectivity index (χ3n) is 6.77. The Labute approximate surface area is 255 Å². The van der Waals surface area contributed by atoms with Gasteiger partial charge in [-0.1, -0.05) is 19.4 Å². The van der Waals surface area contributed by atoms with Crippen molar-refractivity contribution in [2.75, 3.05) is 46.1 Å². The SMILES string of the molecule is C=CCC(CC)CCCC(=O)NCCOCCOCCNC(=O)COc1ccc(-c2cc3c(s2)C(=N)C(=O)NC3=O)cc1. The predicted octanol–water partition coefficient (Wildman–Crippen LogP) is 3.47. The summed E-state index contributed by atoms with van der Waals surface area (Å²) in [6.07, 6.45) is 6.48. The normalized spacial score (nSPS) is 13.2. The van der Waals surface area contributed by atoms with Crippen LogP contribution >= 0.6 is 11.3 Å². The number of allylic oxidation sites excluding steroid dienone is 1. The molecule has 12 heteroatoms. The maximum Gasteiger partial charge on any atom is 0.277 e. The lowest BCUT2D eigenvalue weighted by atomic mass is 9.96. The molecule has 1 aliphatic rings. The van der Waals surface area contributed by atoms with E-state index >= 15 is 0 Å². The first-order chi connectivity index (χ1) is 20.8. The number of benzene rings is 1. The molecule has 1 aromatic carbocycles. The first-order valence-electron chi connectivity index (χ1n) is 14.4. The molecule has 0 saturated heterocycles. The highest BCUT2D eigenvalue weighted by molar-refractivity contribution is 7.18. The van der Waals surface area contributed by atoms with Crippen LogP contribution in [0.15, 0.2) is 43.0 Å². The summed E-state index contributed by atoms with van der Waals surface area (Å²) in [6.45, 7) is 8.09. The van der Waals surface area contributed by atoms with Gasteiger partial charge in [0.05, 0.1) is 36.9 Å². The number of amides is 4. The fraction of sp³-hybridized carbons (Fsp3) is 0.452. The van der Waals surface area contributed by atoms with Gasteiger partial charge in [0, 0.05) is 24.4 Å². The second kappa shape index (κ2) is 17.9. The second-order valence-corrected chi connectivity index (χ2v) is 11.0. The Morgan fingerprint density at radius 1 is 1.02 bits per heavy atom. The highest BCUT2D eigenvalue weighted by Crippen LogP contribution is 2.34. The molecule has 2 heterocycles. The zero-order valence-corrected chi connectivity index (χ0v) is 25.3. The van der Waals surface area contributed by atoms with Gasteiger partial charge in [-0.25, -0.2) is 0 Å². The minimum atomic E-state index is -0.700. The van der Waals surface area contributed by atoms with E-state index in [-0.39, 0.29) is 24.1 Å². The molecule has 1 aliphatic heterocycles. The lowest BCUT2D eigenvalue weighted by Gasteiger charge is -2.12. The molecule has 0 saturated carbocycles. The molecule has 4 N–H and O–H groups in total. The number of imide groups is 1. The molecule has 1 aromatic heterocycles. The lowest BCUT2D eigenvalue weighted by molar-refractivity contribution is -0.123. The van der Waals surface area contributed by atoms with Crippen molar-refractivity contribution in [2.45, 2.75) is 39.0 Å². The summed E-state index contributed by atoms with van der Waals surface area (Å²) in [5.41, 5.74) is 0.884. The fourth-order valence-electron chi connectivity index (χ4n) is 4.35. The van der Waals surface area contributed by atoms with Crippen molar-refractivity contribution in [1.29, 1.82) is 5.41 Å². The molecule has 0 bridgehead atoms. The molecule has 1 unspecified atom stereocenters. The number of fused-ring (bicyclic) bond motifs is 1. The number of rotatable bonds is 20. The van der Waals surface area contributed by atoms with E-state index in [0.29, 0.717) is 68.0 Å². The molecular weight excluding hydrogens is 572 g/mol. The summed E-state index contributed by atoms with van der Waals surface area (Å²) >= 11 is 1.20. The van der Waals surface area contributed by atoms with Crippen molar-refractivity contribution in [1.82, 2.24) is 16.0 Å². The summed E-state index contributed by atoms with van der Waals surface area (Å²) in [7, 11) is 0. The van der Waals surface area contributed by atoms with Crippen molar-refractivity contribution in [2.24, 2.45) is 5.92 Å². The van der Waals surface area contributed by atoms with Gasteiger partial charge in [-0.3, -0.25) is 29.9 Å². The Morgan fingerprint density at radius 3 is 2.35 bits per heavy atom. The van der Waals surface area contributed by atoms with Gasteiger partial charge in [0.2, 0.25) is 5.91 Å². The minimum Gasteiger partial charge on any atom is -0.484 e. The molecule has 0 aliphatic carbocycles.